The smallest absolute Gasteiger partial charge is 0.408 e. The van der Waals surface area contributed by atoms with Gasteiger partial charge in [0.2, 0.25) is 0 Å². The van der Waals surface area contributed by atoms with Crippen molar-refractivity contribution in [2.75, 3.05) is 6.61 Å². The number of rotatable bonds is 4. The number of fused-ring (bicyclic) bond motifs is 1. The van der Waals surface area contributed by atoms with Crippen LogP contribution < -0.4 is 15.5 Å². The Bertz CT molecular complexity index is 705. The van der Waals surface area contributed by atoms with Gasteiger partial charge in [-0.1, -0.05) is 18.2 Å². The minimum Gasteiger partial charge on any atom is -0.488 e. The van der Waals surface area contributed by atoms with E-state index in [1.807, 2.05) is 30.3 Å². The number of carbonyl (C=O) groups is 2. The van der Waals surface area contributed by atoms with Crippen LogP contribution in [0.3, 0.4) is 0 Å². The van der Waals surface area contributed by atoms with E-state index >= 15 is 0 Å². The molecular weight excluding hydrogens is 322 g/mol. The molecule has 25 heavy (non-hydrogen) atoms. The first-order valence-corrected chi connectivity index (χ1v) is 7.99. The molecule has 0 saturated heterocycles. The number of hydrogen-bond acceptors (Lipinski definition) is 5. The highest BCUT2D eigenvalue weighted by Gasteiger charge is 2.20. The lowest BCUT2D eigenvalue weighted by Crippen LogP contribution is -2.45. The summed E-state index contributed by atoms with van der Waals surface area (Å²) in [5.41, 5.74) is 3.55. The number of benzene rings is 1. The van der Waals surface area contributed by atoms with Crippen LogP contribution in [-0.2, 0) is 9.53 Å². The van der Waals surface area contributed by atoms with Gasteiger partial charge in [-0.3, -0.25) is 4.79 Å². The normalized spacial score (nSPS) is 14.8. The molecule has 1 heterocycles. The SMILES string of the molecule is CC(NC(=O)OC(C)(C)C)C(=O)N/N=C/C1=Cc2ccccc2OC1. The molecular formula is C18H23N3O4. The first kappa shape index (κ1) is 18.5. The fourth-order valence-electron chi connectivity index (χ4n) is 2.03. The molecule has 0 radical (unpaired) electrons. The van der Waals surface area contributed by atoms with Crippen LogP contribution in [0.1, 0.15) is 33.3 Å². The average molecular weight is 345 g/mol. The fourth-order valence-corrected chi connectivity index (χ4v) is 2.03. The van der Waals surface area contributed by atoms with Gasteiger partial charge in [0.15, 0.2) is 0 Å². The molecule has 1 unspecified atom stereocenters. The van der Waals surface area contributed by atoms with E-state index in [1.165, 1.54) is 6.21 Å². The summed E-state index contributed by atoms with van der Waals surface area (Å²) in [4.78, 5) is 23.6. The Morgan fingerprint density at radius 1 is 1.32 bits per heavy atom. The Morgan fingerprint density at radius 2 is 2.04 bits per heavy atom. The summed E-state index contributed by atoms with van der Waals surface area (Å²) in [6.45, 7) is 7.18. The van der Waals surface area contributed by atoms with Gasteiger partial charge in [-0.25, -0.2) is 10.2 Å². The maximum Gasteiger partial charge on any atom is 0.408 e. The monoisotopic (exact) mass is 345 g/mol. The van der Waals surface area contributed by atoms with Crippen molar-refractivity contribution < 1.29 is 19.1 Å². The predicted molar refractivity (Wildman–Crippen MR) is 95.4 cm³/mol. The van der Waals surface area contributed by atoms with Crippen LogP contribution in [0.25, 0.3) is 6.08 Å². The number of ether oxygens (including phenoxy) is 2. The molecule has 0 aliphatic carbocycles. The van der Waals surface area contributed by atoms with Crippen molar-refractivity contribution in [3.05, 3.63) is 35.4 Å². The number of hydrogen-bond donors (Lipinski definition) is 2. The molecule has 0 saturated carbocycles. The molecule has 1 aliphatic heterocycles. The molecule has 7 heteroatoms. The molecule has 1 aliphatic rings. The highest BCUT2D eigenvalue weighted by molar-refractivity contribution is 5.90. The van der Waals surface area contributed by atoms with E-state index in [-0.39, 0.29) is 0 Å². The molecule has 134 valence electrons. The number of amides is 2. The lowest BCUT2D eigenvalue weighted by molar-refractivity contribution is -0.122. The van der Waals surface area contributed by atoms with Crippen LogP contribution in [0.15, 0.2) is 34.9 Å². The average Bonchev–Trinajstić information content (AvgIpc) is 2.52. The molecule has 0 spiro atoms. The Kier molecular flexibility index (Phi) is 5.80. The highest BCUT2D eigenvalue weighted by atomic mass is 16.6. The summed E-state index contributed by atoms with van der Waals surface area (Å²) in [6.07, 6.45) is 2.81. The zero-order chi connectivity index (χ0) is 18.4. The van der Waals surface area contributed by atoms with Crippen molar-refractivity contribution in [1.82, 2.24) is 10.7 Å². The zero-order valence-electron chi connectivity index (χ0n) is 14.8. The van der Waals surface area contributed by atoms with Gasteiger partial charge in [-0.05, 0) is 39.8 Å². The third-order valence-corrected chi connectivity index (χ3v) is 3.19. The zero-order valence-corrected chi connectivity index (χ0v) is 14.8. The van der Waals surface area contributed by atoms with Gasteiger partial charge in [0.25, 0.3) is 5.91 Å². The van der Waals surface area contributed by atoms with Gasteiger partial charge in [-0.2, -0.15) is 5.10 Å². The van der Waals surface area contributed by atoms with Crippen LogP contribution >= 0.6 is 0 Å². The van der Waals surface area contributed by atoms with Crippen molar-refractivity contribution in [3.63, 3.8) is 0 Å². The summed E-state index contributed by atoms with van der Waals surface area (Å²) in [5.74, 6) is 0.374. The van der Waals surface area contributed by atoms with Crippen LogP contribution in [0.5, 0.6) is 5.75 Å². The van der Waals surface area contributed by atoms with Crippen LogP contribution in [-0.4, -0.2) is 36.5 Å². The molecule has 2 rings (SSSR count). The summed E-state index contributed by atoms with van der Waals surface area (Å²) in [7, 11) is 0. The fraction of sp³-hybridized carbons (Fsp3) is 0.389. The lowest BCUT2D eigenvalue weighted by atomic mass is 10.1. The minimum atomic E-state index is -0.774. The van der Waals surface area contributed by atoms with Gasteiger partial charge in [0, 0.05) is 11.1 Å². The van der Waals surface area contributed by atoms with E-state index in [4.69, 9.17) is 9.47 Å². The molecule has 2 amide bonds. The van der Waals surface area contributed by atoms with E-state index in [9.17, 15) is 9.59 Å². The molecule has 1 aromatic rings. The van der Waals surface area contributed by atoms with Crippen LogP contribution in [0, 0.1) is 0 Å². The van der Waals surface area contributed by atoms with E-state index < -0.39 is 23.6 Å². The molecule has 1 aromatic carbocycles. The number of hydrazone groups is 1. The molecule has 7 nitrogen and oxygen atoms in total. The number of para-hydroxylation sites is 1. The standard InChI is InChI=1S/C18H23N3O4/c1-12(20-17(23)25-18(2,3)4)16(22)21-19-10-13-9-14-7-5-6-8-15(14)24-11-13/h5-10,12H,11H2,1-4H3,(H,20,23)(H,21,22)/b19-10+. The molecule has 1 atom stereocenters. The largest absolute Gasteiger partial charge is 0.488 e. The maximum absolute atomic E-state index is 11.9. The van der Waals surface area contributed by atoms with Crippen LogP contribution in [0.2, 0.25) is 0 Å². The van der Waals surface area contributed by atoms with E-state index in [0.29, 0.717) is 6.61 Å². The number of nitrogens with one attached hydrogen (secondary N) is 2. The van der Waals surface area contributed by atoms with Crippen LogP contribution in [0.4, 0.5) is 4.79 Å². The van der Waals surface area contributed by atoms with Crippen molar-refractivity contribution in [1.29, 1.82) is 0 Å². The second-order valence-corrected chi connectivity index (χ2v) is 6.65. The number of alkyl carbamates (subject to hydrolysis) is 1. The molecule has 2 N–H and O–H groups in total. The van der Waals surface area contributed by atoms with E-state index in [1.54, 1.807) is 27.7 Å². The third kappa shape index (κ3) is 5.95. The Morgan fingerprint density at radius 3 is 2.76 bits per heavy atom. The van der Waals surface area contributed by atoms with Gasteiger partial charge < -0.3 is 14.8 Å². The van der Waals surface area contributed by atoms with Gasteiger partial charge >= 0.3 is 6.09 Å². The topological polar surface area (TPSA) is 89.0 Å². The number of nitrogens with zero attached hydrogens (tertiary/aromatic N) is 1. The van der Waals surface area contributed by atoms with Gasteiger partial charge in [0.05, 0.1) is 6.21 Å². The molecule has 0 bridgehead atoms. The lowest BCUT2D eigenvalue weighted by Gasteiger charge is -2.21. The Hall–Kier alpha value is -2.83. The summed E-state index contributed by atoms with van der Waals surface area (Å²) in [5, 5.41) is 6.36. The predicted octanol–water partition coefficient (Wildman–Crippen LogP) is 2.48. The quantitative estimate of drug-likeness (QED) is 0.648. The summed E-state index contributed by atoms with van der Waals surface area (Å²) >= 11 is 0. The second kappa shape index (κ2) is 7.83. The van der Waals surface area contributed by atoms with Crippen molar-refractivity contribution in [2.24, 2.45) is 5.10 Å². The summed E-state index contributed by atoms with van der Waals surface area (Å²) in [6, 6.07) is 6.89. The maximum atomic E-state index is 11.9. The molecule has 0 fully saturated rings. The first-order chi connectivity index (χ1) is 11.7. The van der Waals surface area contributed by atoms with Crippen molar-refractivity contribution >= 4 is 24.3 Å². The van der Waals surface area contributed by atoms with E-state index in [2.05, 4.69) is 15.8 Å². The van der Waals surface area contributed by atoms with Gasteiger partial charge in [0.1, 0.15) is 24.0 Å². The minimum absolute atomic E-state index is 0.377. The van der Waals surface area contributed by atoms with Crippen molar-refractivity contribution in [2.45, 2.75) is 39.3 Å². The summed E-state index contributed by atoms with van der Waals surface area (Å²) < 4.78 is 10.7. The molecule has 0 aromatic heterocycles. The third-order valence-electron chi connectivity index (χ3n) is 3.19. The Balaban J connectivity index is 1.84. The number of carbonyl (C=O) groups excluding carboxylic acids is 2. The van der Waals surface area contributed by atoms with Gasteiger partial charge in [-0.15, -0.1) is 0 Å². The second-order valence-electron chi connectivity index (χ2n) is 6.65. The Labute approximate surface area is 147 Å². The van der Waals surface area contributed by atoms with Crippen molar-refractivity contribution in [3.8, 4) is 5.75 Å². The van der Waals surface area contributed by atoms with E-state index in [0.717, 1.165) is 16.9 Å². The first-order valence-electron chi connectivity index (χ1n) is 7.99. The highest BCUT2D eigenvalue weighted by Crippen LogP contribution is 2.24.